The molecule has 1 heterocycles. The number of aryl methyl sites for hydroxylation is 1. The predicted octanol–water partition coefficient (Wildman–Crippen LogP) is 4.90. The molecule has 1 fully saturated rings. The van der Waals surface area contributed by atoms with Gasteiger partial charge >= 0.3 is 0 Å². The molecule has 0 saturated carbocycles. The Labute approximate surface area is 160 Å². The molecule has 1 amide bonds. The van der Waals surface area contributed by atoms with Gasteiger partial charge in [0, 0.05) is 18.1 Å². The number of ether oxygens (including phenoxy) is 1. The number of piperidine rings is 1. The molecule has 4 heteroatoms. The number of hydrogen-bond donors (Lipinski definition) is 0. The second-order valence-corrected chi connectivity index (χ2v) is 7.56. The lowest BCUT2D eigenvalue weighted by molar-refractivity contribution is -0.139. The van der Waals surface area contributed by atoms with E-state index in [9.17, 15) is 4.79 Å². The zero-order chi connectivity index (χ0) is 18.5. The van der Waals surface area contributed by atoms with Crippen molar-refractivity contribution in [3.05, 3.63) is 64.7 Å². The van der Waals surface area contributed by atoms with E-state index in [4.69, 9.17) is 16.3 Å². The highest BCUT2D eigenvalue weighted by Gasteiger charge is 2.27. The Morgan fingerprint density at radius 1 is 1.19 bits per heavy atom. The van der Waals surface area contributed by atoms with Crippen LogP contribution in [0.5, 0.6) is 5.75 Å². The normalized spacial score (nSPS) is 16.3. The number of benzene rings is 2. The number of hydrogen-bond acceptors (Lipinski definition) is 2. The summed E-state index contributed by atoms with van der Waals surface area (Å²) in [6.07, 6.45) is 2.71. The van der Waals surface area contributed by atoms with Crippen LogP contribution in [-0.2, 0) is 11.2 Å². The molecule has 138 valence electrons. The molecular weight excluding hydrogens is 346 g/mol. The second kappa shape index (κ2) is 8.59. The standard InChI is InChI=1S/C22H26ClNO2/c1-16-14-20(23)8-9-21(16)26-17(2)22(25)24-12-10-19(11-13-24)15-18-6-4-3-5-7-18/h3-9,14,17,19H,10-13,15H2,1-2H3. The number of carbonyl (C=O) groups excluding carboxylic acids is 1. The second-order valence-electron chi connectivity index (χ2n) is 7.13. The first-order chi connectivity index (χ1) is 12.5. The van der Waals surface area contributed by atoms with E-state index in [1.165, 1.54) is 5.56 Å². The molecule has 1 aliphatic rings. The summed E-state index contributed by atoms with van der Waals surface area (Å²) in [5.41, 5.74) is 2.32. The van der Waals surface area contributed by atoms with Gasteiger partial charge in [0.05, 0.1) is 0 Å². The molecule has 0 N–H and O–H groups in total. The molecule has 0 bridgehead atoms. The topological polar surface area (TPSA) is 29.5 Å². The highest BCUT2D eigenvalue weighted by Crippen LogP contribution is 2.25. The molecule has 0 radical (unpaired) electrons. The van der Waals surface area contributed by atoms with Crippen LogP contribution in [0, 0.1) is 12.8 Å². The quantitative estimate of drug-likeness (QED) is 0.748. The predicted molar refractivity (Wildman–Crippen MR) is 106 cm³/mol. The molecule has 0 aromatic heterocycles. The van der Waals surface area contributed by atoms with Crippen molar-refractivity contribution in [1.82, 2.24) is 4.90 Å². The minimum Gasteiger partial charge on any atom is -0.481 e. The maximum atomic E-state index is 12.7. The van der Waals surface area contributed by atoms with Crippen molar-refractivity contribution in [3.8, 4) is 5.75 Å². The summed E-state index contributed by atoms with van der Waals surface area (Å²) < 4.78 is 5.89. The lowest BCUT2D eigenvalue weighted by Crippen LogP contribution is -2.45. The van der Waals surface area contributed by atoms with E-state index in [0.29, 0.717) is 16.7 Å². The number of rotatable bonds is 5. The van der Waals surface area contributed by atoms with Gasteiger partial charge in [0.25, 0.3) is 5.91 Å². The number of amides is 1. The van der Waals surface area contributed by atoms with E-state index in [1.54, 1.807) is 6.07 Å². The minimum atomic E-state index is -0.486. The van der Waals surface area contributed by atoms with Crippen LogP contribution in [0.25, 0.3) is 0 Å². The molecule has 1 atom stereocenters. The molecule has 3 rings (SSSR count). The van der Waals surface area contributed by atoms with Crippen LogP contribution in [0.3, 0.4) is 0 Å². The summed E-state index contributed by atoms with van der Waals surface area (Å²) in [7, 11) is 0. The van der Waals surface area contributed by atoms with E-state index in [2.05, 4.69) is 30.3 Å². The molecule has 0 spiro atoms. The van der Waals surface area contributed by atoms with Gasteiger partial charge in [-0.3, -0.25) is 4.79 Å². The maximum Gasteiger partial charge on any atom is 0.263 e. The third-order valence-electron chi connectivity index (χ3n) is 5.08. The monoisotopic (exact) mass is 371 g/mol. The Hall–Kier alpha value is -2.00. The Morgan fingerprint density at radius 3 is 2.54 bits per heavy atom. The Morgan fingerprint density at radius 2 is 1.88 bits per heavy atom. The van der Waals surface area contributed by atoms with E-state index in [-0.39, 0.29) is 5.91 Å². The van der Waals surface area contributed by atoms with Gasteiger partial charge in [-0.25, -0.2) is 0 Å². The van der Waals surface area contributed by atoms with Crippen molar-refractivity contribution in [2.75, 3.05) is 13.1 Å². The van der Waals surface area contributed by atoms with Gasteiger partial charge in [-0.15, -0.1) is 0 Å². The Bertz CT molecular complexity index is 739. The third-order valence-corrected chi connectivity index (χ3v) is 5.32. The van der Waals surface area contributed by atoms with E-state index < -0.39 is 6.10 Å². The molecule has 1 saturated heterocycles. The van der Waals surface area contributed by atoms with Crippen molar-refractivity contribution in [1.29, 1.82) is 0 Å². The first-order valence-corrected chi connectivity index (χ1v) is 9.66. The molecular formula is C22H26ClNO2. The summed E-state index contributed by atoms with van der Waals surface area (Å²) in [4.78, 5) is 14.7. The minimum absolute atomic E-state index is 0.0671. The maximum absolute atomic E-state index is 12.7. The van der Waals surface area contributed by atoms with E-state index >= 15 is 0 Å². The average Bonchev–Trinajstić information content (AvgIpc) is 2.65. The van der Waals surface area contributed by atoms with E-state index in [1.807, 2.05) is 30.9 Å². The van der Waals surface area contributed by atoms with Gasteiger partial charge in [-0.2, -0.15) is 0 Å². The van der Waals surface area contributed by atoms with Crippen LogP contribution in [0.2, 0.25) is 5.02 Å². The van der Waals surface area contributed by atoms with Crippen LogP contribution in [0.1, 0.15) is 30.9 Å². The molecule has 0 aliphatic carbocycles. The molecule has 1 aliphatic heterocycles. The zero-order valence-corrected chi connectivity index (χ0v) is 16.2. The number of nitrogens with zero attached hydrogens (tertiary/aromatic N) is 1. The SMILES string of the molecule is Cc1cc(Cl)ccc1OC(C)C(=O)N1CCC(Cc2ccccc2)CC1. The van der Waals surface area contributed by atoms with Crippen molar-refractivity contribution < 1.29 is 9.53 Å². The summed E-state index contributed by atoms with van der Waals surface area (Å²) in [6.45, 7) is 5.38. The fourth-order valence-corrected chi connectivity index (χ4v) is 3.77. The first-order valence-electron chi connectivity index (χ1n) is 9.28. The summed E-state index contributed by atoms with van der Waals surface area (Å²) in [5, 5.41) is 0.675. The summed E-state index contributed by atoms with van der Waals surface area (Å²) >= 11 is 5.98. The smallest absolute Gasteiger partial charge is 0.263 e. The van der Waals surface area contributed by atoms with Crippen LogP contribution >= 0.6 is 11.6 Å². The number of likely N-dealkylation sites (tertiary alicyclic amines) is 1. The summed E-state index contributed by atoms with van der Waals surface area (Å²) in [6, 6.07) is 16.1. The van der Waals surface area contributed by atoms with E-state index in [0.717, 1.165) is 37.9 Å². The highest BCUT2D eigenvalue weighted by atomic mass is 35.5. The molecule has 2 aromatic rings. The Kier molecular flexibility index (Phi) is 6.20. The van der Waals surface area contributed by atoms with Crippen LogP contribution in [0.4, 0.5) is 0 Å². The zero-order valence-electron chi connectivity index (χ0n) is 15.5. The van der Waals surface area contributed by atoms with Gasteiger partial charge in [0.2, 0.25) is 0 Å². The van der Waals surface area contributed by atoms with Gasteiger partial charge in [0.15, 0.2) is 6.10 Å². The van der Waals surface area contributed by atoms with Crippen molar-refractivity contribution in [2.24, 2.45) is 5.92 Å². The van der Waals surface area contributed by atoms with Crippen molar-refractivity contribution in [2.45, 2.75) is 39.2 Å². The highest BCUT2D eigenvalue weighted by molar-refractivity contribution is 6.30. The van der Waals surface area contributed by atoms with Crippen molar-refractivity contribution in [3.63, 3.8) is 0 Å². The van der Waals surface area contributed by atoms with Crippen LogP contribution in [0.15, 0.2) is 48.5 Å². The van der Waals surface area contributed by atoms with Gasteiger partial charge < -0.3 is 9.64 Å². The lowest BCUT2D eigenvalue weighted by atomic mass is 9.90. The van der Waals surface area contributed by atoms with Gasteiger partial charge in [0.1, 0.15) is 5.75 Å². The Balaban J connectivity index is 1.51. The average molecular weight is 372 g/mol. The van der Waals surface area contributed by atoms with Crippen LogP contribution < -0.4 is 4.74 Å². The van der Waals surface area contributed by atoms with Gasteiger partial charge in [-0.05, 0) is 68.4 Å². The molecule has 1 unspecified atom stereocenters. The fourth-order valence-electron chi connectivity index (χ4n) is 3.55. The number of carbonyl (C=O) groups is 1. The van der Waals surface area contributed by atoms with Crippen LogP contribution in [-0.4, -0.2) is 30.0 Å². The first kappa shape index (κ1) is 18.8. The van der Waals surface area contributed by atoms with Gasteiger partial charge in [-0.1, -0.05) is 41.9 Å². The lowest BCUT2D eigenvalue weighted by Gasteiger charge is -2.33. The number of halogens is 1. The molecule has 2 aromatic carbocycles. The molecule has 26 heavy (non-hydrogen) atoms. The fraction of sp³-hybridized carbons (Fsp3) is 0.409. The van der Waals surface area contributed by atoms with Crippen molar-refractivity contribution >= 4 is 17.5 Å². The molecule has 3 nitrogen and oxygen atoms in total. The summed E-state index contributed by atoms with van der Waals surface area (Å²) in [5.74, 6) is 1.43. The largest absolute Gasteiger partial charge is 0.481 e. The third kappa shape index (κ3) is 4.79.